The third-order valence-corrected chi connectivity index (χ3v) is 6.52. The molecule has 2 saturated heterocycles. The lowest BCUT2D eigenvalue weighted by molar-refractivity contribution is -0.119. The number of aromatic nitrogens is 2. The van der Waals surface area contributed by atoms with Gasteiger partial charge in [0.05, 0.1) is 0 Å². The van der Waals surface area contributed by atoms with Crippen LogP contribution in [0, 0.1) is 6.92 Å². The first-order valence-corrected chi connectivity index (χ1v) is 11.7. The molecule has 0 unspecified atom stereocenters. The summed E-state index contributed by atoms with van der Waals surface area (Å²) >= 11 is 0. The van der Waals surface area contributed by atoms with Crippen molar-refractivity contribution in [2.24, 2.45) is 0 Å². The van der Waals surface area contributed by atoms with Gasteiger partial charge in [-0.2, -0.15) is 9.78 Å². The number of benzene rings is 1. The van der Waals surface area contributed by atoms with Crippen LogP contribution < -0.4 is 10.2 Å². The van der Waals surface area contributed by atoms with Crippen molar-refractivity contribution in [2.45, 2.75) is 39.3 Å². The van der Waals surface area contributed by atoms with E-state index in [0.717, 1.165) is 50.2 Å². The number of amides is 2. The number of piperidine rings is 1. The van der Waals surface area contributed by atoms with Crippen molar-refractivity contribution < 1.29 is 19.5 Å². The van der Waals surface area contributed by atoms with Crippen LogP contribution in [-0.4, -0.2) is 87.9 Å². The first-order chi connectivity index (χ1) is 16.3. The average molecular weight is 469 g/mol. The van der Waals surface area contributed by atoms with Crippen LogP contribution in [0.4, 0.5) is 10.5 Å². The normalized spacial score (nSPS) is 17.6. The number of nitrogens with one attached hydrogen (secondary N) is 1. The first-order valence-electron chi connectivity index (χ1n) is 11.7. The standard InChI is InChI=1S/C24H32N6O4/c1-17-3-4-19(22(15-17)28-8-5-20(6-9-28)25-18(2)31)16-27-11-13-29(14-12-27)24(34)30-10-7-21(26-30)23(32)33/h3-4,7,10,15,20H,5-6,8-9,11-14,16H2,1-2H3,(H,25,31)(H,32,33). The van der Waals surface area contributed by atoms with E-state index < -0.39 is 5.97 Å². The molecule has 1 aromatic heterocycles. The van der Waals surface area contributed by atoms with Crippen LogP contribution in [0.15, 0.2) is 30.5 Å². The Kier molecular flexibility index (Phi) is 7.16. The molecule has 10 heteroatoms. The highest BCUT2D eigenvalue weighted by atomic mass is 16.4. The number of hydrogen-bond donors (Lipinski definition) is 2. The van der Waals surface area contributed by atoms with E-state index in [1.807, 2.05) is 0 Å². The molecule has 2 aromatic rings. The monoisotopic (exact) mass is 468 g/mol. The number of nitrogens with zero attached hydrogens (tertiary/aromatic N) is 5. The van der Waals surface area contributed by atoms with Gasteiger partial charge in [0.25, 0.3) is 0 Å². The summed E-state index contributed by atoms with van der Waals surface area (Å²) < 4.78 is 1.10. The number of rotatable bonds is 5. The van der Waals surface area contributed by atoms with Crippen molar-refractivity contribution in [3.8, 4) is 0 Å². The molecule has 2 fully saturated rings. The molecule has 2 N–H and O–H groups in total. The highest BCUT2D eigenvalue weighted by molar-refractivity contribution is 5.86. The summed E-state index contributed by atoms with van der Waals surface area (Å²) in [5.41, 5.74) is 3.59. The second-order valence-corrected chi connectivity index (χ2v) is 9.09. The van der Waals surface area contributed by atoms with Gasteiger partial charge in [0.15, 0.2) is 5.69 Å². The summed E-state index contributed by atoms with van der Waals surface area (Å²) in [6.07, 6.45) is 3.27. The Morgan fingerprint density at radius 2 is 1.76 bits per heavy atom. The SMILES string of the molecule is CC(=O)NC1CCN(c2cc(C)ccc2CN2CCN(C(=O)n3ccc(C(=O)O)n3)CC2)CC1. The number of aryl methyl sites for hydroxylation is 1. The maximum absolute atomic E-state index is 12.7. The van der Waals surface area contributed by atoms with E-state index in [1.165, 1.54) is 29.1 Å². The molecule has 0 bridgehead atoms. The van der Waals surface area contributed by atoms with Gasteiger partial charge in [0.2, 0.25) is 5.91 Å². The Morgan fingerprint density at radius 3 is 2.38 bits per heavy atom. The van der Waals surface area contributed by atoms with E-state index in [1.54, 1.807) is 11.8 Å². The summed E-state index contributed by atoms with van der Waals surface area (Å²) in [5, 5.41) is 15.9. The summed E-state index contributed by atoms with van der Waals surface area (Å²) in [5.74, 6) is -1.12. The van der Waals surface area contributed by atoms with Gasteiger partial charge in [-0.15, -0.1) is 0 Å². The summed E-state index contributed by atoms with van der Waals surface area (Å²) in [7, 11) is 0. The van der Waals surface area contributed by atoms with Gasteiger partial charge in [-0.1, -0.05) is 12.1 Å². The highest BCUT2D eigenvalue weighted by Gasteiger charge is 2.26. The second kappa shape index (κ2) is 10.3. The van der Waals surface area contributed by atoms with Gasteiger partial charge in [0.1, 0.15) is 0 Å². The van der Waals surface area contributed by atoms with Crippen molar-refractivity contribution in [1.29, 1.82) is 0 Å². The number of carbonyl (C=O) groups is 3. The Morgan fingerprint density at radius 1 is 1.06 bits per heavy atom. The van der Waals surface area contributed by atoms with Crippen molar-refractivity contribution in [2.75, 3.05) is 44.2 Å². The lowest BCUT2D eigenvalue weighted by atomic mass is 10.0. The predicted molar refractivity (Wildman–Crippen MR) is 127 cm³/mol. The van der Waals surface area contributed by atoms with E-state index in [9.17, 15) is 14.4 Å². The van der Waals surface area contributed by atoms with Crippen molar-refractivity contribution in [3.05, 3.63) is 47.3 Å². The maximum Gasteiger partial charge on any atom is 0.356 e. The number of hydrogen-bond acceptors (Lipinski definition) is 6. The van der Waals surface area contributed by atoms with Gasteiger partial charge in [0, 0.05) is 70.7 Å². The molecular weight excluding hydrogens is 436 g/mol. The molecule has 34 heavy (non-hydrogen) atoms. The fraction of sp³-hybridized carbons (Fsp3) is 0.500. The minimum absolute atomic E-state index is 0.0298. The molecule has 10 nitrogen and oxygen atoms in total. The number of aromatic carboxylic acids is 1. The number of anilines is 1. The van der Waals surface area contributed by atoms with E-state index in [2.05, 4.69) is 45.3 Å². The van der Waals surface area contributed by atoms with Gasteiger partial charge < -0.3 is 20.2 Å². The van der Waals surface area contributed by atoms with Crippen LogP contribution >= 0.6 is 0 Å². The molecule has 2 aliphatic heterocycles. The summed E-state index contributed by atoms with van der Waals surface area (Å²) in [6, 6.07) is 7.85. The topological polar surface area (TPSA) is 111 Å². The van der Waals surface area contributed by atoms with Crippen LogP contribution in [0.2, 0.25) is 0 Å². The molecular formula is C24H32N6O4. The molecule has 0 radical (unpaired) electrons. The van der Waals surface area contributed by atoms with E-state index in [-0.39, 0.29) is 23.7 Å². The molecule has 0 atom stereocenters. The van der Waals surface area contributed by atoms with Crippen molar-refractivity contribution in [3.63, 3.8) is 0 Å². The molecule has 182 valence electrons. The molecule has 3 heterocycles. The zero-order valence-corrected chi connectivity index (χ0v) is 19.7. The zero-order valence-electron chi connectivity index (χ0n) is 19.7. The Hall–Kier alpha value is -3.40. The Labute approximate surface area is 199 Å². The van der Waals surface area contributed by atoms with Crippen LogP contribution in [0.1, 0.15) is 41.4 Å². The summed E-state index contributed by atoms with van der Waals surface area (Å²) in [4.78, 5) is 41.5. The van der Waals surface area contributed by atoms with Crippen LogP contribution in [0.5, 0.6) is 0 Å². The van der Waals surface area contributed by atoms with E-state index >= 15 is 0 Å². The van der Waals surface area contributed by atoms with Gasteiger partial charge in [-0.3, -0.25) is 9.69 Å². The fourth-order valence-electron chi connectivity index (χ4n) is 4.68. The number of carboxylic acid groups (broad SMARTS) is 1. The molecule has 0 spiro atoms. The molecule has 1 aromatic carbocycles. The largest absolute Gasteiger partial charge is 0.476 e. The second-order valence-electron chi connectivity index (χ2n) is 9.09. The van der Waals surface area contributed by atoms with E-state index in [0.29, 0.717) is 13.1 Å². The molecule has 2 amide bonds. The van der Waals surface area contributed by atoms with Gasteiger partial charge >= 0.3 is 12.0 Å². The first kappa shape index (κ1) is 23.7. The number of piperazine rings is 1. The minimum Gasteiger partial charge on any atom is -0.476 e. The Balaban J connectivity index is 1.35. The lowest BCUT2D eigenvalue weighted by Crippen LogP contribution is -2.49. The van der Waals surface area contributed by atoms with Crippen LogP contribution in [0.25, 0.3) is 0 Å². The van der Waals surface area contributed by atoms with Gasteiger partial charge in [-0.25, -0.2) is 9.59 Å². The fourth-order valence-corrected chi connectivity index (χ4v) is 4.68. The van der Waals surface area contributed by atoms with Crippen LogP contribution in [0.3, 0.4) is 0 Å². The summed E-state index contributed by atoms with van der Waals surface area (Å²) in [6.45, 7) is 8.88. The smallest absolute Gasteiger partial charge is 0.356 e. The molecule has 0 aliphatic carbocycles. The zero-order chi connectivity index (χ0) is 24.2. The average Bonchev–Trinajstić information content (AvgIpc) is 3.31. The highest BCUT2D eigenvalue weighted by Crippen LogP contribution is 2.27. The van der Waals surface area contributed by atoms with Crippen molar-refractivity contribution >= 4 is 23.6 Å². The third kappa shape index (κ3) is 5.56. The van der Waals surface area contributed by atoms with E-state index in [4.69, 9.17) is 5.11 Å². The van der Waals surface area contributed by atoms with Crippen molar-refractivity contribution in [1.82, 2.24) is 24.9 Å². The predicted octanol–water partition coefficient (Wildman–Crippen LogP) is 1.78. The third-order valence-electron chi connectivity index (χ3n) is 6.52. The molecule has 2 aliphatic rings. The van der Waals surface area contributed by atoms with Gasteiger partial charge in [-0.05, 0) is 43.0 Å². The maximum atomic E-state index is 12.7. The molecule has 4 rings (SSSR count). The molecule has 0 saturated carbocycles. The minimum atomic E-state index is -1.15. The lowest BCUT2D eigenvalue weighted by Gasteiger charge is -2.37. The number of carbonyl (C=O) groups excluding carboxylic acids is 2. The van der Waals surface area contributed by atoms with Crippen LogP contribution in [-0.2, 0) is 11.3 Å². The Bertz CT molecular complexity index is 1050. The number of carboxylic acids is 1. The quantitative estimate of drug-likeness (QED) is 0.688.